The number of carboxylic acids is 3. The van der Waals surface area contributed by atoms with Crippen molar-refractivity contribution in [2.45, 2.75) is 328 Å². The molecule has 0 aliphatic carbocycles. The minimum atomic E-state index is -2.10. The number of guanidine groups is 1. The van der Waals surface area contributed by atoms with Crippen molar-refractivity contribution in [3.63, 3.8) is 0 Å². The zero-order valence-corrected chi connectivity index (χ0v) is 85.7. The zero-order valence-electron chi connectivity index (χ0n) is 85.7. The number of phenolic OH excluding ortho intramolecular Hbond substituents is 1. The largest absolute Gasteiger partial charge is 0.508 e. The van der Waals surface area contributed by atoms with Gasteiger partial charge in [0.05, 0.1) is 44.4 Å². The van der Waals surface area contributed by atoms with Gasteiger partial charge in [-0.15, -0.1) is 0 Å². The summed E-state index contributed by atoms with van der Waals surface area (Å²) in [5.74, 6) is -30.9. The van der Waals surface area contributed by atoms with Crippen LogP contribution in [0.15, 0.2) is 24.3 Å². The zero-order chi connectivity index (χ0) is 113. The molecule has 0 spiro atoms. The number of primary amides is 2. The molecule has 21 unspecified atom stereocenters. The lowest BCUT2D eigenvalue weighted by Gasteiger charge is -2.29. The molecule has 21 atom stereocenters. The third-order valence-electron chi connectivity index (χ3n) is 22.1. The Morgan fingerprint density at radius 1 is 0.318 bits per heavy atom. The maximum Gasteiger partial charge on any atom is 0.328 e. The van der Waals surface area contributed by atoms with Gasteiger partial charge in [0.1, 0.15) is 108 Å². The van der Waals surface area contributed by atoms with Crippen molar-refractivity contribution in [1.82, 2.24) is 106 Å². The number of aliphatic hydroxyl groups is 4. The monoisotopic (exact) mass is 2110 g/mol. The summed E-state index contributed by atoms with van der Waals surface area (Å²) in [6, 6.07) is -26.6. The maximum absolute atomic E-state index is 14.5. The van der Waals surface area contributed by atoms with Gasteiger partial charge < -0.3 is 170 Å². The number of nitrogens with one attached hydrogen (secondary N) is 21. The number of amides is 21. The van der Waals surface area contributed by atoms with Crippen LogP contribution in [0.5, 0.6) is 5.75 Å². The summed E-state index contributed by atoms with van der Waals surface area (Å²) < 4.78 is 0. The summed E-state index contributed by atoms with van der Waals surface area (Å²) in [5.41, 5.74) is 22.4. The molecule has 1 aromatic carbocycles. The molecule has 1 aromatic rings. The van der Waals surface area contributed by atoms with Crippen LogP contribution >= 0.6 is 0 Å². The fourth-order valence-corrected chi connectivity index (χ4v) is 14.0. The summed E-state index contributed by atoms with van der Waals surface area (Å²) in [6.07, 6.45) is -9.21. The van der Waals surface area contributed by atoms with Gasteiger partial charge >= 0.3 is 17.9 Å². The van der Waals surface area contributed by atoms with Crippen LogP contribution in [0.4, 0.5) is 0 Å². The lowest BCUT2D eigenvalue weighted by atomic mass is 10.00. The Morgan fingerprint density at radius 3 is 1.03 bits per heavy atom. The van der Waals surface area contributed by atoms with Crippen molar-refractivity contribution < 1.29 is 156 Å². The highest BCUT2D eigenvalue weighted by Crippen LogP contribution is 2.18. The van der Waals surface area contributed by atoms with Crippen molar-refractivity contribution in [3.05, 3.63) is 29.8 Å². The van der Waals surface area contributed by atoms with Crippen LogP contribution in [0.1, 0.15) is 200 Å². The molecular formula is C91H151N25O32. The second-order valence-electron chi connectivity index (χ2n) is 37.8. The Morgan fingerprint density at radius 2 is 0.628 bits per heavy atom. The number of rotatable bonds is 69. The number of aromatic hydroxyl groups is 1. The Labute approximate surface area is 854 Å². The van der Waals surface area contributed by atoms with Crippen molar-refractivity contribution in [2.75, 3.05) is 26.3 Å². The van der Waals surface area contributed by atoms with Crippen LogP contribution in [-0.2, 0) is 121 Å². The highest BCUT2D eigenvalue weighted by atomic mass is 16.4. The molecule has 1 rings (SSSR count). The molecule has 57 nitrogen and oxygen atoms in total. The lowest BCUT2D eigenvalue weighted by Crippen LogP contribution is -2.62. The average Bonchev–Trinajstić information content (AvgIpc) is 0.847. The number of carbonyl (C=O) groups excluding carboxylic acids is 21. The summed E-state index contributed by atoms with van der Waals surface area (Å²) in [6.45, 7) is 19.6. The molecule has 148 heavy (non-hydrogen) atoms. The molecule has 0 aromatic heterocycles. The molecular weight excluding hydrogens is 1960 g/mol. The molecule has 0 aliphatic heterocycles. The van der Waals surface area contributed by atoms with E-state index in [0.29, 0.717) is 5.56 Å². The number of aliphatic hydroxyl groups excluding tert-OH is 4. The predicted octanol–water partition coefficient (Wildman–Crippen LogP) is -11.0. The van der Waals surface area contributed by atoms with Gasteiger partial charge in [0, 0.05) is 32.2 Å². The number of hydrogen-bond donors (Lipinski definition) is 33. The van der Waals surface area contributed by atoms with Gasteiger partial charge in [-0.25, -0.2) is 4.79 Å². The van der Waals surface area contributed by atoms with Crippen LogP contribution in [0, 0.1) is 35.0 Å². The number of carboxylic acid groups (broad SMARTS) is 3. The molecule has 37 N–H and O–H groups in total. The van der Waals surface area contributed by atoms with Gasteiger partial charge in [0.25, 0.3) is 0 Å². The van der Waals surface area contributed by atoms with Gasteiger partial charge in [0.15, 0.2) is 12.0 Å². The average molecular weight is 2110 g/mol. The second kappa shape index (κ2) is 65.8. The van der Waals surface area contributed by atoms with Crippen molar-refractivity contribution in [2.24, 2.45) is 52.5 Å². The number of hydrogen-bond acceptors (Lipinski definition) is 31. The quantitative estimate of drug-likeness (QED) is 0.0164. The standard InChI is InChI=1S/C91H151N25O32/c1-39(2)30-52(92)76(133)100-45(12)73(130)103-54(23-26-64(93)122)77(134)98-36-66(124)99-44(11)72(129)107-60(34-50-19-21-51(121)22-20-50)83(140)104-53(18-17-29-97-91(95)96)80(137)115-70(48(15)119)89(146)102-47(14)75(132)114-69(43(9)10)88(145)111-61(35-68(127)128)84(141)109-58(32-41(5)6)82(139)105-56(25-28-67(125)126)79(136)113-63(38-118)87(144)110-57(31-40(3)4)81(138)101-46(13)74(131)112-62(37-117)86(143)106-55(24-27-65(94)123)78(135)108-59(33-42(7)8)85(142)116-71(49(16)120)90(147)148/h19-22,39-49,52-63,69-71,117-121H,17-18,23-38,92H2,1-16H3,(H2,93,122)(H2,94,123)(H,98,134)(H,99,124)(H,100,133)(H,101,138)(H,102,146)(H,103,130)(H,104,140)(H,105,139)(H,106,143)(H,107,129)(H,108,135)(H,109,141)(H,110,144)(H,111,145)(H,112,131)(H,113,136)(H,114,132)(H,115,137)(H,116,142)(H,125,126)(H,127,128)(H,147,148)(H4,95,96,97). The lowest BCUT2D eigenvalue weighted by molar-refractivity contribution is -0.145. The van der Waals surface area contributed by atoms with Crippen LogP contribution in [-0.4, -0.2) is 342 Å². The van der Waals surface area contributed by atoms with Gasteiger partial charge in [-0.2, -0.15) is 0 Å². The van der Waals surface area contributed by atoms with Gasteiger partial charge in [-0.1, -0.05) is 81.4 Å². The van der Waals surface area contributed by atoms with E-state index in [9.17, 15) is 156 Å². The molecule has 21 amide bonds. The minimum absolute atomic E-state index is 0.0350. The Bertz CT molecular complexity index is 4750. The second-order valence-corrected chi connectivity index (χ2v) is 37.8. The maximum atomic E-state index is 14.5. The topological polar surface area (TPSA) is 940 Å². The van der Waals surface area contributed by atoms with E-state index >= 15 is 0 Å². The van der Waals surface area contributed by atoms with Crippen LogP contribution < -0.4 is 129 Å². The van der Waals surface area contributed by atoms with Crippen LogP contribution in [0.25, 0.3) is 0 Å². The molecule has 832 valence electrons. The summed E-state index contributed by atoms with van der Waals surface area (Å²) >= 11 is 0. The van der Waals surface area contributed by atoms with Crippen LogP contribution in [0.3, 0.4) is 0 Å². The Kier molecular flexibility index (Phi) is 58.4. The summed E-state index contributed by atoms with van der Waals surface area (Å²) in [4.78, 5) is 323. The molecule has 0 heterocycles. The smallest absolute Gasteiger partial charge is 0.328 e. The third-order valence-corrected chi connectivity index (χ3v) is 22.1. The van der Waals surface area contributed by atoms with Crippen molar-refractivity contribution in [1.29, 1.82) is 5.41 Å². The van der Waals surface area contributed by atoms with Gasteiger partial charge in [0.2, 0.25) is 124 Å². The van der Waals surface area contributed by atoms with E-state index in [1.807, 2.05) is 13.8 Å². The van der Waals surface area contributed by atoms with E-state index in [2.05, 4.69) is 106 Å². The minimum Gasteiger partial charge on any atom is -0.508 e. The first-order chi connectivity index (χ1) is 68.8. The molecule has 0 saturated heterocycles. The van der Waals surface area contributed by atoms with E-state index in [-0.39, 0.29) is 75.5 Å². The summed E-state index contributed by atoms with van der Waals surface area (Å²) in [5, 5.41) is 135. The number of phenols is 1. The highest BCUT2D eigenvalue weighted by Gasteiger charge is 2.42. The van der Waals surface area contributed by atoms with E-state index < -0.39 is 351 Å². The van der Waals surface area contributed by atoms with Crippen LogP contribution in [0.2, 0.25) is 0 Å². The SMILES string of the molecule is CC(C)CC(N)C(=O)NC(C)C(=O)NC(CCC(N)=O)C(=O)NCC(=O)NC(C)C(=O)NC(Cc1ccc(O)cc1)C(=O)NC(CCCNC(=N)N)C(=O)NC(C(=O)NC(C)C(=O)NC(C(=O)NC(CC(=O)O)C(=O)NC(CC(C)C)C(=O)NC(CCC(=O)O)C(=O)NC(CO)C(=O)NC(CC(C)C)C(=O)NC(C)C(=O)NC(CO)C(=O)NC(CCC(N)=O)C(=O)NC(CC(C)C)C(=O)NC(C(=O)O)C(C)O)C(C)C)C(C)O. The van der Waals surface area contributed by atoms with Gasteiger partial charge in [-0.3, -0.25) is 116 Å². The van der Waals surface area contributed by atoms with Crippen molar-refractivity contribution >= 4 is 148 Å². The normalized spacial score (nSPS) is 15.5. The fourth-order valence-electron chi connectivity index (χ4n) is 14.0. The Hall–Kier alpha value is -14.6. The van der Waals surface area contributed by atoms with E-state index in [1.165, 1.54) is 52.0 Å². The van der Waals surface area contributed by atoms with E-state index in [0.717, 1.165) is 27.7 Å². The van der Waals surface area contributed by atoms with Crippen molar-refractivity contribution in [3.8, 4) is 5.75 Å². The summed E-state index contributed by atoms with van der Waals surface area (Å²) in [7, 11) is 0. The number of nitrogens with two attached hydrogens (primary N) is 4. The van der Waals surface area contributed by atoms with Gasteiger partial charge in [-0.05, 0) is 147 Å². The molecule has 0 bridgehead atoms. The molecule has 0 fully saturated rings. The van der Waals surface area contributed by atoms with E-state index in [1.54, 1.807) is 41.5 Å². The number of carbonyl (C=O) groups is 24. The first kappa shape index (κ1) is 131. The molecule has 0 radical (unpaired) electrons. The third kappa shape index (κ3) is 50.5. The first-order valence-electron chi connectivity index (χ1n) is 48.0. The van der Waals surface area contributed by atoms with E-state index in [4.69, 9.17) is 28.3 Å². The highest BCUT2D eigenvalue weighted by molar-refractivity contribution is 6.03. The fraction of sp³-hybridized carbons (Fsp3) is 0.659. The number of aliphatic carboxylic acids is 3. The molecule has 0 saturated carbocycles. The Balaban J connectivity index is 3.54. The number of benzene rings is 1. The predicted molar refractivity (Wildman–Crippen MR) is 523 cm³/mol. The molecule has 57 heteroatoms. The molecule has 0 aliphatic rings. The first-order valence-corrected chi connectivity index (χ1v) is 48.0.